The van der Waals surface area contributed by atoms with Crippen molar-refractivity contribution in [3.8, 4) is 0 Å². The highest BCUT2D eigenvalue weighted by atomic mass is 35.5. The Morgan fingerprint density at radius 3 is 2.77 bits per heavy atom. The van der Waals surface area contributed by atoms with Crippen LogP contribution in [0.2, 0.25) is 5.02 Å². The lowest BCUT2D eigenvalue weighted by Gasteiger charge is -2.36. The Morgan fingerprint density at radius 1 is 1.16 bits per heavy atom. The molecule has 1 amide bonds. The van der Waals surface area contributed by atoms with Gasteiger partial charge < -0.3 is 14.4 Å². The number of sulfonamides is 1. The average Bonchev–Trinajstić information content (AvgIpc) is 3.35. The first kappa shape index (κ1) is 21.5. The number of likely N-dealkylation sites (tertiary alicyclic amines) is 1. The Bertz CT molecular complexity index is 952. The lowest BCUT2D eigenvalue weighted by Crippen LogP contribution is -2.46. The summed E-state index contributed by atoms with van der Waals surface area (Å²) in [6.45, 7) is 4.67. The smallest absolute Gasteiger partial charge is 0.409 e. The number of hydrogen-bond donors (Lipinski definition) is 0. The molecule has 4 aliphatic heterocycles. The minimum absolute atomic E-state index is 0.0784. The van der Waals surface area contributed by atoms with E-state index in [-0.39, 0.29) is 24.8 Å². The highest BCUT2D eigenvalue weighted by Gasteiger charge is 2.48. The zero-order chi connectivity index (χ0) is 21.6. The SMILES string of the molecule is O=C(OC[C@H]1CCC[C@H]2c3cc(Cl)ccc3S(=O)(=O)N12)N1CCC(N2CCOCC2)C1. The van der Waals surface area contributed by atoms with Crippen LogP contribution in [0.25, 0.3) is 0 Å². The Labute approximate surface area is 188 Å². The number of amides is 1. The van der Waals surface area contributed by atoms with Crippen LogP contribution in [0.1, 0.15) is 37.3 Å². The van der Waals surface area contributed by atoms with Gasteiger partial charge in [-0.25, -0.2) is 13.2 Å². The van der Waals surface area contributed by atoms with Crippen LogP contribution >= 0.6 is 11.6 Å². The Hall–Kier alpha value is -1.39. The highest BCUT2D eigenvalue weighted by Crippen LogP contribution is 2.47. The summed E-state index contributed by atoms with van der Waals surface area (Å²) in [5.41, 5.74) is 0.761. The monoisotopic (exact) mass is 469 g/mol. The molecule has 3 saturated heterocycles. The molecule has 31 heavy (non-hydrogen) atoms. The second kappa shape index (κ2) is 8.51. The van der Waals surface area contributed by atoms with E-state index in [1.165, 1.54) is 0 Å². The fourth-order valence-electron chi connectivity index (χ4n) is 5.40. The van der Waals surface area contributed by atoms with Crippen LogP contribution < -0.4 is 0 Å². The molecule has 0 radical (unpaired) electrons. The third kappa shape index (κ3) is 3.95. The van der Waals surface area contributed by atoms with Gasteiger partial charge in [0.15, 0.2) is 0 Å². The van der Waals surface area contributed by atoms with Gasteiger partial charge in [-0.15, -0.1) is 0 Å². The van der Waals surface area contributed by atoms with E-state index in [9.17, 15) is 13.2 Å². The van der Waals surface area contributed by atoms with Gasteiger partial charge in [0.25, 0.3) is 0 Å². The van der Waals surface area contributed by atoms with Crippen molar-refractivity contribution in [2.45, 2.75) is 48.7 Å². The van der Waals surface area contributed by atoms with E-state index in [1.807, 2.05) is 0 Å². The van der Waals surface area contributed by atoms with Gasteiger partial charge in [-0.2, -0.15) is 4.31 Å². The van der Waals surface area contributed by atoms with Gasteiger partial charge in [-0.3, -0.25) is 4.90 Å². The molecule has 4 heterocycles. The van der Waals surface area contributed by atoms with Gasteiger partial charge in [-0.1, -0.05) is 11.6 Å². The van der Waals surface area contributed by atoms with Crippen molar-refractivity contribution in [1.29, 1.82) is 0 Å². The molecular weight excluding hydrogens is 442 g/mol. The van der Waals surface area contributed by atoms with Crippen molar-refractivity contribution >= 4 is 27.7 Å². The fourth-order valence-corrected chi connectivity index (χ4v) is 7.66. The molecule has 0 saturated carbocycles. The summed E-state index contributed by atoms with van der Waals surface area (Å²) in [5, 5.41) is 0.535. The lowest BCUT2D eigenvalue weighted by atomic mass is 9.94. The predicted octanol–water partition coefficient (Wildman–Crippen LogP) is 2.48. The summed E-state index contributed by atoms with van der Waals surface area (Å²) < 4.78 is 38.9. The summed E-state index contributed by atoms with van der Waals surface area (Å²) in [6.07, 6.45) is 2.89. The standard InChI is InChI=1S/C21H28ClN3O5S/c22-15-4-5-20-18(12-15)19-3-1-2-17(25(19)31(20,27)28)14-30-21(26)24-7-6-16(13-24)23-8-10-29-11-9-23/h4-5,12,16-17,19H,1-3,6-11,13-14H2/t16?,17-,19+/m1/s1. The third-order valence-corrected chi connectivity index (χ3v) is 9.22. The first-order chi connectivity index (χ1) is 14.9. The van der Waals surface area contributed by atoms with E-state index in [4.69, 9.17) is 21.1 Å². The van der Waals surface area contributed by atoms with E-state index in [0.717, 1.165) is 51.1 Å². The van der Waals surface area contributed by atoms with Crippen LogP contribution in [0.4, 0.5) is 4.79 Å². The van der Waals surface area contributed by atoms with E-state index in [1.54, 1.807) is 27.4 Å². The summed E-state index contributed by atoms with van der Waals surface area (Å²) in [5.74, 6) is 0. The van der Waals surface area contributed by atoms with Crippen molar-refractivity contribution in [2.75, 3.05) is 46.0 Å². The van der Waals surface area contributed by atoms with Crippen LogP contribution in [-0.2, 0) is 19.5 Å². The van der Waals surface area contributed by atoms with Gasteiger partial charge >= 0.3 is 6.09 Å². The molecular formula is C21H28ClN3O5S. The molecule has 0 bridgehead atoms. The molecule has 0 aromatic heterocycles. The quantitative estimate of drug-likeness (QED) is 0.676. The van der Waals surface area contributed by atoms with Crippen molar-refractivity contribution in [3.05, 3.63) is 28.8 Å². The van der Waals surface area contributed by atoms with Crippen LogP contribution in [0, 0.1) is 0 Å². The Balaban J connectivity index is 1.22. The van der Waals surface area contributed by atoms with Crippen LogP contribution in [0.5, 0.6) is 0 Å². The molecule has 3 fully saturated rings. The van der Waals surface area contributed by atoms with Crippen LogP contribution in [0.15, 0.2) is 23.1 Å². The van der Waals surface area contributed by atoms with E-state index >= 15 is 0 Å². The van der Waals surface area contributed by atoms with Crippen molar-refractivity contribution in [1.82, 2.24) is 14.1 Å². The first-order valence-corrected chi connectivity index (χ1v) is 12.8. The Kier molecular flexibility index (Phi) is 5.89. The normalized spacial score (nSPS) is 30.7. The van der Waals surface area contributed by atoms with E-state index in [0.29, 0.717) is 35.5 Å². The molecule has 4 aliphatic rings. The number of carbonyl (C=O) groups excluding carboxylic acids is 1. The van der Waals surface area contributed by atoms with Gasteiger partial charge in [0, 0.05) is 37.2 Å². The summed E-state index contributed by atoms with van der Waals surface area (Å²) >= 11 is 6.13. The number of halogens is 1. The number of carbonyl (C=O) groups is 1. The van der Waals surface area contributed by atoms with Gasteiger partial charge in [0.05, 0.1) is 30.2 Å². The van der Waals surface area contributed by atoms with Gasteiger partial charge in [0.1, 0.15) is 6.61 Å². The molecule has 1 aromatic rings. The number of benzene rings is 1. The highest BCUT2D eigenvalue weighted by molar-refractivity contribution is 7.89. The maximum atomic E-state index is 13.2. The lowest BCUT2D eigenvalue weighted by molar-refractivity contribution is 0.0177. The molecule has 0 spiro atoms. The van der Waals surface area contributed by atoms with Crippen molar-refractivity contribution in [3.63, 3.8) is 0 Å². The molecule has 1 unspecified atom stereocenters. The fraction of sp³-hybridized carbons (Fsp3) is 0.667. The van der Waals surface area contributed by atoms with Gasteiger partial charge in [0.2, 0.25) is 10.0 Å². The summed E-state index contributed by atoms with van der Waals surface area (Å²) in [7, 11) is -3.61. The zero-order valence-corrected chi connectivity index (χ0v) is 19.0. The number of fused-ring (bicyclic) bond motifs is 3. The first-order valence-electron chi connectivity index (χ1n) is 11.0. The summed E-state index contributed by atoms with van der Waals surface area (Å²) in [4.78, 5) is 17.2. The maximum Gasteiger partial charge on any atom is 0.409 e. The number of ether oxygens (including phenoxy) is 2. The number of nitrogens with zero attached hydrogens (tertiary/aromatic N) is 3. The zero-order valence-electron chi connectivity index (χ0n) is 17.4. The predicted molar refractivity (Wildman–Crippen MR) is 115 cm³/mol. The number of hydrogen-bond acceptors (Lipinski definition) is 6. The molecule has 0 N–H and O–H groups in total. The van der Waals surface area contributed by atoms with E-state index in [2.05, 4.69) is 4.90 Å². The van der Waals surface area contributed by atoms with Crippen LogP contribution in [-0.4, -0.2) is 86.7 Å². The van der Waals surface area contributed by atoms with Crippen LogP contribution in [0.3, 0.4) is 0 Å². The largest absolute Gasteiger partial charge is 0.448 e. The molecule has 5 rings (SSSR count). The topological polar surface area (TPSA) is 79.4 Å². The minimum Gasteiger partial charge on any atom is -0.448 e. The second-order valence-corrected chi connectivity index (χ2v) is 11.0. The molecule has 10 heteroatoms. The molecule has 3 atom stereocenters. The van der Waals surface area contributed by atoms with Crippen molar-refractivity contribution in [2.24, 2.45) is 0 Å². The molecule has 170 valence electrons. The molecule has 8 nitrogen and oxygen atoms in total. The van der Waals surface area contributed by atoms with Gasteiger partial charge in [-0.05, 0) is 49.4 Å². The average molecular weight is 470 g/mol. The van der Waals surface area contributed by atoms with Crippen molar-refractivity contribution < 1.29 is 22.7 Å². The third-order valence-electron chi connectivity index (χ3n) is 6.95. The number of morpholine rings is 1. The second-order valence-electron chi connectivity index (χ2n) is 8.73. The molecule has 0 aliphatic carbocycles. The minimum atomic E-state index is -3.61. The Morgan fingerprint density at radius 2 is 1.97 bits per heavy atom. The molecule has 1 aromatic carbocycles. The number of rotatable bonds is 3. The summed E-state index contributed by atoms with van der Waals surface area (Å²) in [6, 6.07) is 4.72. The maximum absolute atomic E-state index is 13.2. The van der Waals surface area contributed by atoms with E-state index < -0.39 is 10.0 Å². The number of piperidine rings is 1.